The number of rotatable bonds is 5. The number of benzene rings is 2. The summed E-state index contributed by atoms with van der Waals surface area (Å²) >= 11 is 0. The lowest BCUT2D eigenvalue weighted by Crippen LogP contribution is -2.16. The quantitative estimate of drug-likeness (QED) is 0.642. The molecular formula is C19H17F4N5O. The number of aryl methyl sites for hydroxylation is 1. The smallest absolute Gasteiger partial charge is 0.324 e. The third kappa shape index (κ3) is 4.76. The highest BCUT2D eigenvalue weighted by Gasteiger charge is 2.30. The Kier molecular flexibility index (Phi) is 5.62. The van der Waals surface area contributed by atoms with E-state index >= 15 is 0 Å². The Balaban J connectivity index is 1.70. The number of amides is 1. The van der Waals surface area contributed by atoms with Gasteiger partial charge >= 0.3 is 6.18 Å². The van der Waals surface area contributed by atoms with Crippen LogP contribution in [0.2, 0.25) is 0 Å². The number of tetrazole rings is 1. The molecule has 3 aromatic rings. The summed E-state index contributed by atoms with van der Waals surface area (Å²) in [5.74, 6) is -0.966. The second-order valence-corrected chi connectivity index (χ2v) is 6.58. The van der Waals surface area contributed by atoms with E-state index in [4.69, 9.17) is 0 Å². The third-order valence-corrected chi connectivity index (χ3v) is 4.39. The van der Waals surface area contributed by atoms with E-state index in [9.17, 15) is 22.4 Å². The van der Waals surface area contributed by atoms with Gasteiger partial charge in [0.25, 0.3) is 0 Å². The van der Waals surface area contributed by atoms with Crippen LogP contribution in [0.15, 0.2) is 42.5 Å². The Hall–Kier alpha value is -3.30. The molecule has 2 aromatic carbocycles. The first-order valence-electron chi connectivity index (χ1n) is 8.67. The molecule has 0 spiro atoms. The minimum absolute atomic E-state index is 0.0288. The van der Waals surface area contributed by atoms with Gasteiger partial charge < -0.3 is 5.32 Å². The third-order valence-electron chi connectivity index (χ3n) is 4.39. The molecule has 3 rings (SSSR count). The van der Waals surface area contributed by atoms with Crippen molar-refractivity contribution >= 4 is 11.6 Å². The number of hydrogen-bond acceptors (Lipinski definition) is 4. The molecule has 1 heterocycles. The van der Waals surface area contributed by atoms with Crippen LogP contribution in [-0.4, -0.2) is 26.1 Å². The van der Waals surface area contributed by atoms with Crippen molar-refractivity contribution in [1.82, 2.24) is 20.2 Å². The Morgan fingerprint density at radius 3 is 2.45 bits per heavy atom. The summed E-state index contributed by atoms with van der Waals surface area (Å²) in [6, 6.07) is 8.68. The molecule has 0 aliphatic rings. The minimum atomic E-state index is -4.42. The van der Waals surface area contributed by atoms with E-state index in [1.54, 1.807) is 13.8 Å². The van der Waals surface area contributed by atoms with Crippen LogP contribution in [0.1, 0.15) is 36.2 Å². The van der Waals surface area contributed by atoms with Crippen LogP contribution in [0, 0.1) is 12.7 Å². The SMILES string of the molecule is Cc1nnnn1-c1ccc(F)c(NC(=O)CC(C)c2ccc(C(F)(F)F)cc2)c1. The van der Waals surface area contributed by atoms with E-state index in [-0.39, 0.29) is 18.0 Å². The Morgan fingerprint density at radius 1 is 1.17 bits per heavy atom. The van der Waals surface area contributed by atoms with E-state index in [2.05, 4.69) is 20.8 Å². The molecule has 0 saturated heterocycles. The fourth-order valence-electron chi connectivity index (χ4n) is 2.81. The molecule has 152 valence electrons. The number of halogens is 4. The van der Waals surface area contributed by atoms with Crippen LogP contribution in [0.4, 0.5) is 23.2 Å². The Labute approximate surface area is 163 Å². The monoisotopic (exact) mass is 407 g/mol. The van der Waals surface area contributed by atoms with Crippen LogP contribution in [0.25, 0.3) is 5.69 Å². The van der Waals surface area contributed by atoms with Crippen molar-refractivity contribution < 1.29 is 22.4 Å². The van der Waals surface area contributed by atoms with E-state index < -0.39 is 23.5 Å². The summed E-state index contributed by atoms with van der Waals surface area (Å²) in [5, 5.41) is 13.5. The average Bonchev–Trinajstić information content (AvgIpc) is 3.09. The first kappa shape index (κ1) is 20.4. The summed E-state index contributed by atoms with van der Waals surface area (Å²) in [6.07, 6.45) is -4.45. The van der Waals surface area contributed by atoms with Gasteiger partial charge in [-0.25, -0.2) is 4.39 Å². The van der Waals surface area contributed by atoms with Gasteiger partial charge in [-0.15, -0.1) is 5.10 Å². The van der Waals surface area contributed by atoms with Crippen LogP contribution < -0.4 is 5.32 Å². The molecule has 10 heteroatoms. The first-order chi connectivity index (χ1) is 13.6. The zero-order valence-electron chi connectivity index (χ0n) is 15.5. The number of aromatic nitrogens is 4. The Bertz CT molecular complexity index is 1010. The van der Waals surface area contributed by atoms with E-state index in [0.29, 0.717) is 17.1 Å². The number of alkyl halides is 3. The number of nitrogens with one attached hydrogen (secondary N) is 1. The highest BCUT2D eigenvalue weighted by atomic mass is 19.4. The number of nitrogens with zero attached hydrogens (tertiary/aromatic N) is 4. The van der Waals surface area contributed by atoms with E-state index in [1.807, 2.05) is 0 Å². The van der Waals surface area contributed by atoms with E-state index in [0.717, 1.165) is 12.1 Å². The van der Waals surface area contributed by atoms with Crippen molar-refractivity contribution in [2.45, 2.75) is 32.4 Å². The van der Waals surface area contributed by atoms with Crippen molar-refractivity contribution in [3.63, 3.8) is 0 Å². The van der Waals surface area contributed by atoms with Gasteiger partial charge in [0, 0.05) is 6.42 Å². The summed E-state index contributed by atoms with van der Waals surface area (Å²) in [6.45, 7) is 3.38. The largest absolute Gasteiger partial charge is 0.416 e. The van der Waals surface area contributed by atoms with Gasteiger partial charge in [-0.1, -0.05) is 19.1 Å². The van der Waals surface area contributed by atoms with Gasteiger partial charge in [-0.2, -0.15) is 17.9 Å². The molecule has 29 heavy (non-hydrogen) atoms. The second kappa shape index (κ2) is 7.98. The zero-order valence-corrected chi connectivity index (χ0v) is 15.5. The zero-order chi connectivity index (χ0) is 21.2. The van der Waals surface area contributed by atoms with Gasteiger partial charge in [0.2, 0.25) is 5.91 Å². The molecule has 0 radical (unpaired) electrons. The molecule has 1 atom stereocenters. The normalized spacial score (nSPS) is 12.6. The van der Waals surface area contributed by atoms with Crippen molar-refractivity contribution in [2.75, 3.05) is 5.32 Å². The molecule has 0 bridgehead atoms. The molecule has 6 nitrogen and oxygen atoms in total. The van der Waals surface area contributed by atoms with Crippen molar-refractivity contribution in [3.8, 4) is 5.69 Å². The molecule has 1 amide bonds. The number of carbonyl (C=O) groups excluding carboxylic acids is 1. The van der Waals surface area contributed by atoms with Gasteiger partial charge in [0.05, 0.1) is 16.9 Å². The predicted octanol–water partition coefficient (Wildman–Crippen LogP) is 4.26. The number of hydrogen-bond donors (Lipinski definition) is 1. The van der Waals surface area contributed by atoms with Crippen molar-refractivity contribution in [2.24, 2.45) is 0 Å². The lowest BCUT2D eigenvalue weighted by molar-refractivity contribution is -0.137. The lowest BCUT2D eigenvalue weighted by Gasteiger charge is -2.14. The van der Waals surface area contributed by atoms with Crippen LogP contribution in [-0.2, 0) is 11.0 Å². The standard InChI is InChI=1S/C19H17F4N5O/c1-11(13-3-5-14(6-4-13)19(21,22)23)9-18(29)24-17-10-15(7-8-16(17)20)28-12(2)25-26-27-28/h3-8,10-11H,9H2,1-2H3,(H,24,29). The summed E-state index contributed by atoms with van der Waals surface area (Å²) < 4.78 is 53.5. The molecule has 1 aromatic heterocycles. The molecule has 0 fully saturated rings. The maximum absolute atomic E-state index is 14.1. The summed E-state index contributed by atoms with van der Waals surface area (Å²) in [4.78, 5) is 12.3. The fourth-order valence-corrected chi connectivity index (χ4v) is 2.81. The van der Waals surface area contributed by atoms with Crippen molar-refractivity contribution in [3.05, 3.63) is 65.2 Å². The maximum Gasteiger partial charge on any atom is 0.416 e. The lowest BCUT2D eigenvalue weighted by atomic mass is 9.96. The molecule has 0 saturated carbocycles. The molecule has 1 N–H and O–H groups in total. The molecular weight excluding hydrogens is 390 g/mol. The van der Waals surface area contributed by atoms with Gasteiger partial charge in [-0.3, -0.25) is 4.79 Å². The topological polar surface area (TPSA) is 72.7 Å². The number of anilines is 1. The highest BCUT2D eigenvalue weighted by molar-refractivity contribution is 5.91. The molecule has 0 aliphatic heterocycles. The predicted molar refractivity (Wildman–Crippen MR) is 97.0 cm³/mol. The van der Waals surface area contributed by atoms with Crippen LogP contribution >= 0.6 is 0 Å². The first-order valence-corrected chi connectivity index (χ1v) is 8.67. The minimum Gasteiger partial charge on any atom is -0.324 e. The van der Waals surface area contributed by atoms with Gasteiger partial charge in [0.1, 0.15) is 5.82 Å². The second-order valence-electron chi connectivity index (χ2n) is 6.58. The van der Waals surface area contributed by atoms with Crippen molar-refractivity contribution in [1.29, 1.82) is 0 Å². The fraction of sp³-hybridized carbons (Fsp3) is 0.263. The highest BCUT2D eigenvalue weighted by Crippen LogP contribution is 2.31. The average molecular weight is 407 g/mol. The van der Waals surface area contributed by atoms with Crippen LogP contribution in [0.5, 0.6) is 0 Å². The van der Waals surface area contributed by atoms with Gasteiger partial charge in [0.15, 0.2) is 5.82 Å². The van der Waals surface area contributed by atoms with Gasteiger partial charge in [-0.05, 0) is 59.2 Å². The maximum atomic E-state index is 14.1. The summed E-state index contributed by atoms with van der Waals surface area (Å²) in [7, 11) is 0. The number of carbonyl (C=O) groups is 1. The van der Waals surface area contributed by atoms with E-state index in [1.165, 1.54) is 35.0 Å². The Morgan fingerprint density at radius 2 is 1.86 bits per heavy atom. The molecule has 0 aliphatic carbocycles. The van der Waals surface area contributed by atoms with Crippen LogP contribution in [0.3, 0.4) is 0 Å². The summed E-state index contributed by atoms with van der Waals surface area (Å²) in [5.41, 5.74) is 0.253. The molecule has 1 unspecified atom stereocenters.